The van der Waals surface area contributed by atoms with Gasteiger partial charge in [-0.3, -0.25) is 9.59 Å². The van der Waals surface area contributed by atoms with Crippen LogP contribution < -0.4 is 0 Å². The number of carbonyl (C=O) groups is 2. The highest BCUT2D eigenvalue weighted by Crippen LogP contribution is 2.26. The normalized spacial score (nSPS) is 13.9. The van der Waals surface area contributed by atoms with Crippen LogP contribution in [0.3, 0.4) is 0 Å². The maximum atomic E-state index is 13.7. The summed E-state index contributed by atoms with van der Waals surface area (Å²) in [6.07, 6.45) is 1.34. The molecule has 0 aliphatic carbocycles. The molecule has 0 bridgehead atoms. The van der Waals surface area contributed by atoms with E-state index < -0.39 is 0 Å². The zero-order valence-electron chi connectivity index (χ0n) is 21.0. The Labute approximate surface area is 217 Å². The Morgan fingerprint density at radius 2 is 1.59 bits per heavy atom. The molecule has 5 rings (SSSR count). The fourth-order valence-corrected chi connectivity index (χ4v) is 5.15. The summed E-state index contributed by atoms with van der Waals surface area (Å²) in [6.45, 7) is 9.45. The molecule has 0 atom stereocenters. The van der Waals surface area contributed by atoms with E-state index in [9.17, 15) is 9.59 Å². The fraction of sp³-hybridized carbons (Fsp3) is 0.258. The first kappa shape index (κ1) is 24.3. The van der Waals surface area contributed by atoms with Crippen LogP contribution in [0.5, 0.6) is 0 Å². The van der Waals surface area contributed by atoms with Crippen molar-refractivity contribution >= 4 is 28.4 Å². The fourth-order valence-electron chi connectivity index (χ4n) is 5.15. The monoisotopic (exact) mass is 490 g/mol. The van der Waals surface area contributed by atoms with Gasteiger partial charge in [0, 0.05) is 50.0 Å². The molecule has 186 valence electrons. The van der Waals surface area contributed by atoms with Crippen molar-refractivity contribution in [1.29, 1.82) is 0 Å². The average molecular weight is 491 g/mol. The number of piperidine rings is 1. The third kappa shape index (κ3) is 5.26. The summed E-state index contributed by atoms with van der Waals surface area (Å²) < 4.78 is 2.06. The predicted octanol–water partition coefficient (Wildman–Crippen LogP) is 5.75. The molecule has 1 fully saturated rings. The zero-order valence-corrected chi connectivity index (χ0v) is 21.0. The summed E-state index contributed by atoms with van der Waals surface area (Å²) >= 11 is 0. The van der Waals surface area contributed by atoms with E-state index >= 15 is 0 Å². The maximum absolute atomic E-state index is 13.7. The van der Waals surface area contributed by atoms with Gasteiger partial charge in [-0.15, -0.1) is 0 Å². The van der Waals surface area contributed by atoms with Crippen molar-refractivity contribution in [2.75, 3.05) is 20.1 Å². The molecular formula is C31H30N4O2. The van der Waals surface area contributed by atoms with E-state index in [1.807, 2.05) is 96.9 Å². The van der Waals surface area contributed by atoms with Gasteiger partial charge >= 0.3 is 0 Å². The molecule has 1 aromatic heterocycles. The first-order chi connectivity index (χ1) is 18.0. The number of nitrogens with zero attached hydrogens (tertiary/aromatic N) is 4. The number of likely N-dealkylation sites (tertiary alicyclic amines) is 1. The molecule has 1 saturated heterocycles. The standard InChI is InChI=1S/C31H30N4O2/c1-32-27-14-12-24(13-15-27)22-35-28-11-7-6-10-26(28)20-29(35)31(37)34-18-16-25(17-19-34)30(36)33(2)21-23-8-4-3-5-9-23/h3-15,20,25H,16-19,21-22H2,2H3. The van der Waals surface area contributed by atoms with Gasteiger partial charge in [0.25, 0.3) is 5.91 Å². The number of hydrogen-bond acceptors (Lipinski definition) is 2. The summed E-state index contributed by atoms with van der Waals surface area (Å²) in [5.41, 5.74) is 4.41. The highest BCUT2D eigenvalue weighted by Gasteiger charge is 2.31. The van der Waals surface area contributed by atoms with E-state index in [0.29, 0.717) is 50.4 Å². The van der Waals surface area contributed by atoms with Crippen molar-refractivity contribution in [1.82, 2.24) is 14.4 Å². The van der Waals surface area contributed by atoms with Crippen LogP contribution in [-0.2, 0) is 17.9 Å². The molecule has 4 aromatic rings. The smallest absolute Gasteiger partial charge is 0.270 e. The topological polar surface area (TPSA) is 49.9 Å². The Balaban J connectivity index is 1.29. The molecule has 37 heavy (non-hydrogen) atoms. The van der Waals surface area contributed by atoms with Crippen LogP contribution in [0.25, 0.3) is 15.7 Å². The quantitative estimate of drug-likeness (QED) is 0.323. The van der Waals surface area contributed by atoms with Crippen molar-refractivity contribution in [3.8, 4) is 0 Å². The highest BCUT2D eigenvalue weighted by molar-refractivity contribution is 5.99. The first-order valence-electron chi connectivity index (χ1n) is 12.7. The Hall–Kier alpha value is -4.37. The van der Waals surface area contributed by atoms with Crippen LogP contribution in [0, 0.1) is 12.5 Å². The molecule has 2 heterocycles. The van der Waals surface area contributed by atoms with Crippen molar-refractivity contribution in [3.63, 3.8) is 0 Å². The van der Waals surface area contributed by atoms with E-state index in [4.69, 9.17) is 6.57 Å². The van der Waals surface area contributed by atoms with Gasteiger partial charge in [-0.1, -0.05) is 72.8 Å². The number of rotatable bonds is 6. The van der Waals surface area contributed by atoms with E-state index in [1.54, 1.807) is 4.90 Å². The summed E-state index contributed by atoms with van der Waals surface area (Å²) in [7, 11) is 1.86. The lowest BCUT2D eigenvalue weighted by Gasteiger charge is -2.33. The largest absolute Gasteiger partial charge is 0.341 e. The van der Waals surface area contributed by atoms with E-state index in [0.717, 1.165) is 22.0 Å². The van der Waals surface area contributed by atoms with Gasteiger partial charge in [0.1, 0.15) is 5.69 Å². The van der Waals surface area contributed by atoms with E-state index in [2.05, 4.69) is 9.41 Å². The second kappa shape index (κ2) is 10.7. The van der Waals surface area contributed by atoms with Gasteiger partial charge in [-0.2, -0.15) is 0 Å². The maximum Gasteiger partial charge on any atom is 0.270 e. The van der Waals surface area contributed by atoms with Crippen molar-refractivity contribution in [2.45, 2.75) is 25.9 Å². The van der Waals surface area contributed by atoms with Crippen LogP contribution in [-0.4, -0.2) is 46.3 Å². The molecule has 1 aliphatic rings. The van der Waals surface area contributed by atoms with Crippen molar-refractivity contribution < 1.29 is 9.59 Å². The van der Waals surface area contributed by atoms with Gasteiger partial charge in [-0.05, 0) is 36.1 Å². The molecule has 1 aliphatic heterocycles. The van der Waals surface area contributed by atoms with Gasteiger partial charge in [-0.25, -0.2) is 4.85 Å². The summed E-state index contributed by atoms with van der Waals surface area (Å²) in [5, 5.41) is 1.02. The average Bonchev–Trinajstić information content (AvgIpc) is 3.31. The van der Waals surface area contributed by atoms with Gasteiger partial charge in [0.05, 0.1) is 6.57 Å². The summed E-state index contributed by atoms with van der Waals surface area (Å²) in [6, 6.07) is 27.5. The number of para-hydroxylation sites is 1. The predicted molar refractivity (Wildman–Crippen MR) is 145 cm³/mol. The lowest BCUT2D eigenvalue weighted by atomic mass is 9.95. The Morgan fingerprint density at radius 1 is 0.919 bits per heavy atom. The molecule has 3 aromatic carbocycles. The minimum Gasteiger partial charge on any atom is -0.341 e. The van der Waals surface area contributed by atoms with Crippen LogP contribution in [0.1, 0.15) is 34.5 Å². The molecule has 6 nitrogen and oxygen atoms in total. The molecular weight excluding hydrogens is 460 g/mol. The molecule has 0 spiro atoms. The summed E-state index contributed by atoms with van der Waals surface area (Å²) in [5.74, 6) is 0.0787. The number of fused-ring (bicyclic) bond motifs is 1. The molecule has 2 amide bonds. The van der Waals surface area contributed by atoms with Gasteiger partial charge in [0.2, 0.25) is 5.91 Å². The van der Waals surface area contributed by atoms with Gasteiger partial charge in [0.15, 0.2) is 5.69 Å². The molecule has 0 N–H and O–H groups in total. The number of hydrogen-bond donors (Lipinski definition) is 0. The SMILES string of the molecule is [C-]#[N+]c1ccc(Cn2c(C(=O)N3CCC(C(=O)N(C)Cc4ccccc4)CC3)cc3ccccc32)cc1. The highest BCUT2D eigenvalue weighted by atomic mass is 16.2. The van der Waals surface area contributed by atoms with Crippen LogP contribution >= 0.6 is 0 Å². The Bertz CT molecular complexity index is 1440. The summed E-state index contributed by atoms with van der Waals surface area (Å²) in [4.78, 5) is 33.9. The van der Waals surface area contributed by atoms with E-state index in [-0.39, 0.29) is 17.7 Å². The van der Waals surface area contributed by atoms with Crippen molar-refractivity contribution in [2.24, 2.45) is 5.92 Å². The zero-order chi connectivity index (χ0) is 25.8. The second-order valence-electron chi connectivity index (χ2n) is 9.70. The first-order valence-corrected chi connectivity index (χ1v) is 12.7. The molecule has 0 saturated carbocycles. The lowest BCUT2D eigenvalue weighted by Crippen LogP contribution is -2.43. The minimum atomic E-state index is -0.0652. The minimum absolute atomic E-state index is 0.00230. The number of amides is 2. The van der Waals surface area contributed by atoms with Crippen LogP contribution in [0.2, 0.25) is 0 Å². The molecule has 0 unspecified atom stereocenters. The van der Waals surface area contributed by atoms with E-state index in [1.165, 1.54) is 0 Å². The third-order valence-corrected chi connectivity index (χ3v) is 7.21. The van der Waals surface area contributed by atoms with Gasteiger partial charge < -0.3 is 14.4 Å². The number of benzene rings is 3. The number of carbonyl (C=O) groups excluding carboxylic acids is 2. The van der Waals surface area contributed by atoms with Crippen LogP contribution in [0.15, 0.2) is 84.9 Å². The second-order valence-corrected chi connectivity index (χ2v) is 9.70. The Morgan fingerprint density at radius 3 is 2.30 bits per heavy atom. The molecule has 6 heteroatoms. The molecule has 0 radical (unpaired) electrons. The third-order valence-electron chi connectivity index (χ3n) is 7.21. The number of aromatic nitrogens is 1. The van der Waals surface area contributed by atoms with Crippen molar-refractivity contribution in [3.05, 3.63) is 113 Å². The lowest BCUT2D eigenvalue weighted by molar-refractivity contribution is -0.136. The van der Waals surface area contributed by atoms with Crippen LogP contribution in [0.4, 0.5) is 5.69 Å². The Kier molecular flexibility index (Phi) is 7.04.